The van der Waals surface area contributed by atoms with E-state index in [1.807, 2.05) is 0 Å². The summed E-state index contributed by atoms with van der Waals surface area (Å²) in [6, 6.07) is 0. The third-order valence-corrected chi connectivity index (χ3v) is 4.35. The van der Waals surface area contributed by atoms with Gasteiger partial charge in [-0.25, -0.2) is 0 Å². The molecular formula is C10H20O12S4. The highest BCUT2D eigenvalue weighted by atomic mass is 32.2. The Morgan fingerprint density at radius 3 is 1.04 bits per heavy atom. The van der Waals surface area contributed by atoms with Gasteiger partial charge < -0.3 is 0 Å². The van der Waals surface area contributed by atoms with Crippen LogP contribution in [-0.4, -0.2) is 84.1 Å². The molecule has 0 aromatic carbocycles. The minimum Gasteiger partial charge on any atom is -0.267 e. The summed E-state index contributed by atoms with van der Waals surface area (Å²) < 4.78 is 107. The second kappa shape index (κ2) is 9.54. The fraction of sp³-hybridized carbons (Fsp3) is 0.800. The summed E-state index contributed by atoms with van der Waals surface area (Å²) in [6.07, 6.45) is 1.82. The molecule has 16 heteroatoms. The molecule has 2 atom stereocenters. The Bertz CT molecular complexity index is 819. The molecule has 0 N–H and O–H groups in total. The third kappa shape index (κ3) is 16.8. The summed E-state index contributed by atoms with van der Waals surface area (Å²) in [5.41, 5.74) is 0. The SMILES string of the molecule is CS(=O)(=O)OC[C@H](/C=C\[C@@H](COS(C)(=O)=O)OS(C)(=O)=O)OS(C)(=O)=O. The molecule has 0 saturated carbocycles. The molecule has 0 bridgehead atoms. The largest absolute Gasteiger partial charge is 0.267 e. The summed E-state index contributed by atoms with van der Waals surface area (Å²) in [7, 11) is -15.9. The lowest BCUT2D eigenvalue weighted by molar-refractivity contribution is 0.163. The first-order valence-electron chi connectivity index (χ1n) is 6.50. The molecule has 0 radical (unpaired) electrons. The van der Waals surface area contributed by atoms with Crippen molar-refractivity contribution in [3.8, 4) is 0 Å². The number of hydrogen-bond acceptors (Lipinski definition) is 12. The van der Waals surface area contributed by atoms with Gasteiger partial charge in [0, 0.05) is 0 Å². The summed E-state index contributed by atoms with van der Waals surface area (Å²) in [5, 5.41) is 0. The van der Waals surface area contributed by atoms with Gasteiger partial charge in [-0.3, -0.25) is 16.7 Å². The number of rotatable bonds is 12. The Morgan fingerprint density at radius 2 is 0.846 bits per heavy atom. The van der Waals surface area contributed by atoms with E-state index in [-0.39, 0.29) is 0 Å². The molecule has 0 aliphatic rings. The predicted octanol–water partition coefficient (Wildman–Crippen LogP) is -1.82. The van der Waals surface area contributed by atoms with Crippen LogP contribution in [-0.2, 0) is 57.2 Å². The molecule has 156 valence electrons. The molecule has 0 aromatic heterocycles. The van der Waals surface area contributed by atoms with Crippen LogP contribution < -0.4 is 0 Å². The zero-order valence-corrected chi connectivity index (χ0v) is 17.5. The van der Waals surface area contributed by atoms with Gasteiger partial charge in [-0.2, -0.15) is 33.7 Å². The highest BCUT2D eigenvalue weighted by Gasteiger charge is 2.19. The molecule has 0 unspecified atom stereocenters. The zero-order valence-electron chi connectivity index (χ0n) is 14.3. The smallest absolute Gasteiger partial charge is 0.265 e. The van der Waals surface area contributed by atoms with Crippen LogP contribution in [0, 0.1) is 0 Å². The lowest BCUT2D eigenvalue weighted by Gasteiger charge is -2.15. The van der Waals surface area contributed by atoms with Crippen molar-refractivity contribution in [3.05, 3.63) is 12.2 Å². The summed E-state index contributed by atoms with van der Waals surface area (Å²) >= 11 is 0. The van der Waals surface area contributed by atoms with Gasteiger partial charge in [0.2, 0.25) is 0 Å². The fourth-order valence-electron chi connectivity index (χ4n) is 1.31. The number of hydrogen-bond donors (Lipinski definition) is 0. The molecule has 0 aliphatic heterocycles. The van der Waals surface area contributed by atoms with Gasteiger partial charge >= 0.3 is 0 Å². The normalized spacial score (nSPS) is 16.6. The standard InChI is InChI=1S/C10H20O12S4/c1-23(11,12)19-7-9(21-25(3,15)16)5-6-10(22-26(4,17)18)8-20-24(2,13)14/h5-6,9-10H,7-8H2,1-4H3/b6-5-/t9-,10-/m0/s1. The van der Waals surface area contributed by atoms with E-state index in [1.165, 1.54) is 0 Å². The van der Waals surface area contributed by atoms with Gasteiger partial charge in [0.25, 0.3) is 40.5 Å². The van der Waals surface area contributed by atoms with Gasteiger partial charge in [0.05, 0.1) is 38.2 Å². The second-order valence-electron chi connectivity index (χ2n) is 5.04. The van der Waals surface area contributed by atoms with Crippen LogP contribution in [0.1, 0.15) is 0 Å². The van der Waals surface area contributed by atoms with Crippen molar-refractivity contribution in [2.24, 2.45) is 0 Å². The molecular weight excluding hydrogens is 440 g/mol. The van der Waals surface area contributed by atoms with Gasteiger partial charge in [-0.1, -0.05) is 12.2 Å². The van der Waals surface area contributed by atoms with E-state index >= 15 is 0 Å². The van der Waals surface area contributed by atoms with Crippen molar-refractivity contribution in [2.75, 3.05) is 38.2 Å². The van der Waals surface area contributed by atoms with Crippen molar-refractivity contribution in [3.63, 3.8) is 0 Å². The highest BCUT2D eigenvalue weighted by Crippen LogP contribution is 2.08. The molecule has 0 fully saturated rings. The zero-order chi connectivity index (χ0) is 20.8. The van der Waals surface area contributed by atoms with Crippen LogP contribution in [0.25, 0.3) is 0 Å². The van der Waals surface area contributed by atoms with Crippen molar-refractivity contribution in [1.29, 1.82) is 0 Å². The first-order valence-corrected chi connectivity index (χ1v) is 13.8. The molecule has 0 aromatic rings. The molecule has 0 heterocycles. The first kappa shape index (κ1) is 25.4. The molecule has 0 saturated heterocycles. The average molecular weight is 461 g/mol. The van der Waals surface area contributed by atoms with Gasteiger partial charge in [-0.15, -0.1) is 0 Å². The summed E-state index contributed by atoms with van der Waals surface area (Å²) in [6.45, 7) is -1.47. The van der Waals surface area contributed by atoms with Gasteiger partial charge in [0.15, 0.2) is 0 Å². The second-order valence-corrected chi connectivity index (χ2v) is 11.5. The van der Waals surface area contributed by atoms with E-state index < -0.39 is 65.9 Å². The Balaban J connectivity index is 5.39. The molecule has 0 spiro atoms. The van der Waals surface area contributed by atoms with Crippen LogP contribution >= 0.6 is 0 Å². The maximum absolute atomic E-state index is 11.2. The van der Waals surface area contributed by atoms with Crippen molar-refractivity contribution in [2.45, 2.75) is 12.2 Å². The predicted molar refractivity (Wildman–Crippen MR) is 90.2 cm³/mol. The summed E-state index contributed by atoms with van der Waals surface area (Å²) in [4.78, 5) is 0. The lowest BCUT2D eigenvalue weighted by atomic mass is 10.3. The molecule has 0 rings (SSSR count). The monoisotopic (exact) mass is 460 g/mol. The Labute approximate surface area is 153 Å². The average Bonchev–Trinajstić information content (AvgIpc) is 2.33. The Hall–Kier alpha value is -0.620. The van der Waals surface area contributed by atoms with Gasteiger partial charge in [0.1, 0.15) is 12.2 Å². The van der Waals surface area contributed by atoms with Crippen LogP contribution in [0.15, 0.2) is 12.2 Å². The van der Waals surface area contributed by atoms with E-state index in [1.54, 1.807) is 0 Å². The van der Waals surface area contributed by atoms with E-state index in [0.29, 0.717) is 12.5 Å². The topological polar surface area (TPSA) is 173 Å². The van der Waals surface area contributed by atoms with E-state index in [0.717, 1.165) is 24.7 Å². The molecule has 26 heavy (non-hydrogen) atoms. The maximum Gasteiger partial charge on any atom is 0.265 e. The third-order valence-electron chi connectivity index (χ3n) is 2.03. The lowest BCUT2D eigenvalue weighted by Crippen LogP contribution is -2.26. The van der Waals surface area contributed by atoms with Crippen LogP contribution in [0.5, 0.6) is 0 Å². The molecule has 0 aliphatic carbocycles. The minimum absolute atomic E-state index is 0.700. The van der Waals surface area contributed by atoms with E-state index in [9.17, 15) is 33.7 Å². The molecule has 0 amide bonds. The van der Waals surface area contributed by atoms with Gasteiger partial charge in [-0.05, 0) is 0 Å². The first-order chi connectivity index (χ1) is 11.4. The summed E-state index contributed by atoms with van der Waals surface area (Å²) in [5.74, 6) is 0. The van der Waals surface area contributed by atoms with Crippen LogP contribution in [0.3, 0.4) is 0 Å². The fourth-order valence-corrected chi connectivity index (χ4v) is 3.21. The Morgan fingerprint density at radius 1 is 0.577 bits per heavy atom. The Kier molecular flexibility index (Phi) is 9.31. The minimum atomic E-state index is -4.02. The van der Waals surface area contributed by atoms with Crippen molar-refractivity contribution >= 4 is 40.5 Å². The molecule has 12 nitrogen and oxygen atoms in total. The highest BCUT2D eigenvalue weighted by molar-refractivity contribution is 7.86. The van der Waals surface area contributed by atoms with Crippen molar-refractivity contribution < 1.29 is 50.4 Å². The van der Waals surface area contributed by atoms with E-state index in [2.05, 4.69) is 16.7 Å². The van der Waals surface area contributed by atoms with Crippen molar-refractivity contribution in [1.82, 2.24) is 0 Å². The quantitative estimate of drug-likeness (QED) is 0.236. The maximum atomic E-state index is 11.2. The van der Waals surface area contributed by atoms with Crippen LogP contribution in [0.2, 0.25) is 0 Å². The van der Waals surface area contributed by atoms with Crippen LogP contribution in [0.4, 0.5) is 0 Å². The van der Waals surface area contributed by atoms with E-state index in [4.69, 9.17) is 0 Å².